The summed E-state index contributed by atoms with van der Waals surface area (Å²) in [4.78, 5) is 46.1. The van der Waals surface area contributed by atoms with E-state index in [1.165, 1.54) is 13.8 Å². The van der Waals surface area contributed by atoms with E-state index >= 15 is 0 Å². The molecule has 1 saturated carbocycles. The fraction of sp³-hybridized carbons (Fsp3) is 0.667. The van der Waals surface area contributed by atoms with Crippen molar-refractivity contribution in [3.63, 3.8) is 0 Å². The lowest BCUT2D eigenvalue weighted by molar-refractivity contribution is -0.137. The molecule has 1 aliphatic heterocycles. The Morgan fingerprint density at radius 3 is 1.59 bits per heavy atom. The van der Waals surface area contributed by atoms with E-state index in [1.54, 1.807) is 0 Å². The van der Waals surface area contributed by atoms with Gasteiger partial charge in [0.2, 0.25) is 11.8 Å². The lowest BCUT2D eigenvalue weighted by atomic mass is 9.67. The molecule has 2 aliphatic rings. The Morgan fingerprint density at radius 2 is 1.29 bits per heavy atom. The van der Waals surface area contributed by atoms with Crippen molar-refractivity contribution in [1.29, 1.82) is 0 Å². The SMILES string of the molecule is CC(=O)C1CC2C(=O)NC(=O)C2CC1C(C)=O. The fourth-order valence-electron chi connectivity index (χ4n) is 2.99. The van der Waals surface area contributed by atoms with E-state index in [-0.39, 0.29) is 23.4 Å². The van der Waals surface area contributed by atoms with E-state index in [0.29, 0.717) is 12.8 Å². The van der Waals surface area contributed by atoms with Crippen LogP contribution in [0.5, 0.6) is 0 Å². The number of amides is 2. The molecule has 0 bridgehead atoms. The number of rotatable bonds is 2. The molecule has 0 radical (unpaired) electrons. The van der Waals surface area contributed by atoms with Crippen LogP contribution in [0.3, 0.4) is 0 Å². The zero-order valence-electron chi connectivity index (χ0n) is 9.86. The number of carbonyl (C=O) groups excluding carboxylic acids is 4. The minimum absolute atomic E-state index is 0.0733. The number of hydrogen-bond acceptors (Lipinski definition) is 4. The first kappa shape index (κ1) is 12.0. The fourth-order valence-corrected chi connectivity index (χ4v) is 2.99. The van der Waals surface area contributed by atoms with Gasteiger partial charge in [0.05, 0.1) is 11.8 Å². The van der Waals surface area contributed by atoms with Gasteiger partial charge in [0.25, 0.3) is 0 Å². The van der Waals surface area contributed by atoms with Gasteiger partial charge < -0.3 is 0 Å². The Hall–Kier alpha value is -1.52. The summed E-state index contributed by atoms with van der Waals surface area (Å²) in [5.41, 5.74) is 0. The first-order valence-electron chi connectivity index (χ1n) is 5.77. The molecular weight excluding hydrogens is 222 g/mol. The van der Waals surface area contributed by atoms with Crippen LogP contribution in [0, 0.1) is 23.7 Å². The van der Waals surface area contributed by atoms with Crippen LogP contribution in [0.25, 0.3) is 0 Å². The maximum absolute atomic E-state index is 11.5. The van der Waals surface area contributed by atoms with Crippen molar-refractivity contribution in [2.45, 2.75) is 26.7 Å². The van der Waals surface area contributed by atoms with Gasteiger partial charge in [-0.2, -0.15) is 0 Å². The summed E-state index contributed by atoms with van der Waals surface area (Å²) in [6, 6.07) is 0. The van der Waals surface area contributed by atoms with Gasteiger partial charge in [-0.15, -0.1) is 0 Å². The van der Waals surface area contributed by atoms with Crippen molar-refractivity contribution in [3.8, 4) is 0 Å². The molecule has 2 fully saturated rings. The highest BCUT2D eigenvalue weighted by Gasteiger charge is 2.50. The molecule has 5 nitrogen and oxygen atoms in total. The van der Waals surface area contributed by atoms with Crippen LogP contribution in [0.1, 0.15) is 26.7 Å². The molecule has 0 aromatic carbocycles. The Balaban J connectivity index is 2.27. The smallest absolute Gasteiger partial charge is 0.230 e. The van der Waals surface area contributed by atoms with Gasteiger partial charge in [-0.25, -0.2) is 0 Å². The van der Waals surface area contributed by atoms with Crippen LogP contribution in [-0.4, -0.2) is 23.4 Å². The number of Topliss-reactive ketones (excluding diaryl/α,β-unsaturated/α-hetero) is 2. The van der Waals surface area contributed by atoms with Gasteiger partial charge in [0.15, 0.2) is 0 Å². The molecule has 2 rings (SSSR count). The van der Waals surface area contributed by atoms with E-state index in [9.17, 15) is 19.2 Å². The molecule has 5 heteroatoms. The van der Waals surface area contributed by atoms with Crippen LogP contribution in [-0.2, 0) is 19.2 Å². The molecule has 92 valence electrons. The summed E-state index contributed by atoms with van der Waals surface area (Å²) in [7, 11) is 0. The molecule has 4 unspecified atom stereocenters. The highest BCUT2D eigenvalue weighted by Crippen LogP contribution is 2.41. The number of ketones is 2. The Morgan fingerprint density at radius 1 is 0.941 bits per heavy atom. The third-order valence-electron chi connectivity index (χ3n) is 3.95. The van der Waals surface area contributed by atoms with Gasteiger partial charge in [-0.3, -0.25) is 24.5 Å². The predicted octanol–water partition coefficient (Wildman–Crippen LogP) is 0.0794. The van der Waals surface area contributed by atoms with Crippen LogP contribution < -0.4 is 5.32 Å². The van der Waals surface area contributed by atoms with Crippen LogP contribution in [0.4, 0.5) is 0 Å². The number of fused-ring (bicyclic) bond motifs is 1. The van der Waals surface area contributed by atoms with Crippen molar-refractivity contribution in [2.24, 2.45) is 23.7 Å². The van der Waals surface area contributed by atoms with Crippen molar-refractivity contribution in [3.05, 3.63) is 0 Å². The Labute approximate surface area is 98.9 Å². The third kappa shape index (κ3) is 1.90. The van der Waals surface area contributed by atoms with Gasteiger partial charge in [0.1, 0.15) is 11.6 Å². The highest BCUT2D eigenvalue weighted by atomic mass is 16.2. The standard InChI is InChI=1S/C12H15NO4/c1-5(14)7-3-9-10(4-8(7)6(2)15)12(17)13-11(9)16/h7-10H,3-4H2,1-2H3,(H,13,16,17). The average Bonchev–Trinajstić information content (AvgIpc) is 2.52. The lowest BCUT2D eigenvalue weighted by Gasteiger charge is -2.33. The highest BCUT2D eigenvalue weighted by molar-refractivity contribution is 6.06. The summed E-state index contributed by atoms with van der Waals surface area (Å²) in [6.07, 6.45) is 0.643. The second kappa shape index (κ2) is 4.05. The van der Waals surface area contributed by atoms with Crippen molar-refractivity contribution >= 4 is 23.4 Å². The third-order valence-corrected chi connectivity index (χ3v) is 3.95. The van der Waals surface area contributed by atoms with E-state index in [0.717, 1.165) is 0 Å². The molecule has 1 saturated heterocycles. The van der Waals surface area contributed by atoms with Gasteiger partial charge in [-0.05, 0) is 26.7 Å². The number of imide groups is 1. The minimum atomic E-state index is -0.424. The monoisotopic (exact) mass is 237 g/mol. The van der Waals surface area contributed by atoms with Gasteiger partial charge in [-0.1, -0.05) is 0 Å². The van der Waals surface area contributed by atoms with Gasteiger partial charge in [0, 0.05) is 11.8 Å². The van der Waals surface area contributed by atoms with E-state index < -0.39 is 23.7 Å². The molecule has 0 spiro atoms. The van der Waals surface area contributed by atoms with Crippen molar-refractivity contribution < 1.29 is 19.2 Å². The maximum atomic E-state index is 11.5. The first-order chi connectivity index (χ1) is 7.91. The number of nitrogens with one attached hydrogen (secondary N) is 1. The molecule has 1 heterocycles. The zero-order valence-corrected chi connectivity index (χ0v) is 9.86. The second-order valence-corrected chi connectivity index (χ2v) is 4.97. The summed E-state index contributed by atoms with van der Waals surface area (Å²) in [5, 5.41) is 2.28. The molecule has 0 aromatic heterocycles. The summed E-state index contributed by atoms with van der Waals surface area (Å²) >= 11 is 0. The van der Waals surface area contributed by atoms with Gasteiger partial charge >= 0.3 is 0 Å². The molecule has 2 amide bonds. The molecule has 1 N–H and O–H groups in total. The average molecular weight is 237 g/mol. The summed E-state index contributed by atoms with van der Waals surface area (Å²) in [6.45, 7) is 2.88. The number of hydrogen-bond donors (Lipinski definition) is 1. The van der Waals surface area contributed by atoms with Crippen LogP contribution >= 0.6 is 0 Å². The van der Waals surface area contributed by atoms with E-state index in [1.807, 2.05) is 0 Å². The summed E-state index contributed by atoms with van der Waals surface area (Å²) in [5.74, 6) is -2.41. The predicted molar refractivity (Wildman–Crippen MR) is 57.7 cm³/mol. The van der Waals surface area contributed by atoms with Crippen molar-refractivity contribution in [2.75, 3.05) is 0 Å². The molecular formula is C12H15NO4. The second-order valence-electron chi connectivity index (χ2n) is 4.97. The molecule has 17 heavy (non-hydrogen) atoms. The maximum Gasteiger partial charge on any atom is 0.230 e. The topological polar surface area (TPSA) is 80.3 Å². The Kier molecular flexibility index (Phi) is 2.85. The minimum Gasteiger partial charge on any atom is -0.300 e. The normalized spacial score (nSPS) is 36.4. The molecule has 4 atom stereocenters. The molecule has 0 aromatic rings. The van der Waals surface area contributed by atoms with E-state index in [4.69, 9.17) is 0 Å². The Bertz CT molecular complexity index is 377. The van der Waals surface area contributed by atoms with E-state index in [2.05, 4.69) is 5.32 Å². The lowest BCUT2D eigenvalue weighted by Crippen LogP contribution is -2.39. The van der Waals surface area contributed by atoms with Crippen molar-refractivity contribution in [1.82, 2.24) is 5.32 Å². The van der Waals surface area contributed by atoms with Crippen LogP contribution in [0.2, 0.25) is 0 Å². The first-order valence-corrected chi connectivity index (χ1v) is 5.77. The summed E-state index contributed by atoms with van der Waals surface area (Å²) < 4.78 is 0. The largest absolute Gasteiger partial charge is 0.300 e. The molecule has 1 aliphatic carbocycles. The zero-order chi connectivity index (χ0) is 12.7. The van der Waals surface area contributed by atoms with Crippen LogP contribution in [0.15, 0.2) is 0 Å². The number of carbonyl (C=O) groups is 4. The quantitative estimate of drug-likeness (QED) is 0.690.